The highest BCUT2D eigenvalue weighted by Gasteiger charge is 2.12. The van der Waals surface area contributed by atoms with Crippen LogP contribution in [0.1, 0.15) is 17.9 Å². The molecular formula is C18H14O. The first kappa shape index (κ1) is 10.6. The summed E-state index contributed by atoms with van der Waals surface area (Å²) < 4.78 is 5.94. The van der Waals surface area contributed by atoms with Gasteiger partial charge in [-0.3, -0.25) is 0 Å². The average molecular weight is 246 g/mol. The number of allylic oxidation sites excluding steroid dienone is 4. The third-order valence-corrected chi connectivity index (χ3v) is 3.81. The number of para-hydroxylation sites is 1. The standard InChI is InChI=1S/C18H14O/c1-2-6-13(7-3-1)14-10-11-16-15-8-4-5-9-17(15)19-18(16)12-14/h1-6,8-13H,7H2. The van der Waals surface area contributed by atoms with Crippen LogP contribution in [0.5, 0.6) is 0 Å². The van der Waals surface area contributed by atoms with Gasteiger partial charge in [0.05, 0.1) is 0 Å². The van der Waals surface area contributed by atoms with Gasteiger partial charge in [-0.25, -0.2) is 0 Å². The van der Waals surface area contributed by atoms with E-state index in [9.17, 15) is 0 Å². The maximum atomic E-state index is 5.94. The van der Waals surface area contributed by atoms with E-state index in [1.807, 2.05) is 12.1 Å². The number of hydrogen-bond acceptors (Lipinski definition) is 1. The van der Waals surface area contributed by atoms with Gasteiger partial charge in [0.25, 0.3) is 0 Å². The highest BCUT2D eigenvalue weighted by Crippen LogP contribution is 2.32. The first-order valence-electron chi connectivity index (χ1n) is 6.66. The van der Waals surface area contributed by atoms with Gasteiger partial charge in [0, 0.05) is 16.7 Å². The minimum absolute atomic E-state index is 0.475. The van der Waals surface area contributed by atoms with Crippen molar-refractivity contribution in [1.82, 2.24) is 0 Å². The highest BCUT2D eigenvalue weighted by molar-refractivity contribution is 6.04. The molecule has 1 aliphatic carbocycles. The van der Waals surface area contributed by atoms with Crippen molar-refractivity contribution in [2.75, 3.05) is 0 Å². The maximum Gasteiger partial charge on any atom is 0.135 e. The van der Waals surface area contributed by atoms with Crippen molar-refractivity contribution >= 4 is 21.9 Å². The quantitative estimate of drug-likeness (QED) is 0.576. The second-order valence-corrected chi connectivity index (χ2v) is 5.01. The molecule has 2 aromatic carbocycles. The first-order valence-corrected chi connectivity index (χ1v) is 6.66. The van der Waals surface area contributed by atoms with Crippen molar-refractivity contribution in [3.63, 3.8) is 0 Å². The molecule has 92 valence electrons. The number of rotatable bonds is 1. The zero-order valence-electron chi connectivity index (χ0n) is 10.5. The fraction of sp³-hybridized carbons (Fsp3) is 0.111. The second kappa shape index (κ2) is 4.13. The molecule has 1 heteroatoms. The Bertz CT molecular complexity index is 805. The number of hydrogen-bond donors (Lipinski definition) is 0. The average Bonchev–Trinajstić information content (AvgIpc) is 2.86. The summed E-state index contributed by atoms with van der Waals surface area (Å²) in [7, 11) is 0. The molecule has 1 aliphatic rings. The van der Waals surface area contributed by atoms with Gasteiger partial charge in [0.2, 0.25) is 0 Å². The van der Waals surface area contributed by atoms with E-state index < -0.39 is 0 Å². The van der Waals surface area contributed by atoms with Crippen LogP contribution in [0.2, 0.25) is 0 Å². The molecule has 0 fully saturated rings. The van der Waals surface area contributed by atoms with Crippen molar-refractivity contribution < 1.29 is 4.42 Å². The molecule has 1 nitrogen and oxygen atoms in total. The van der Waals surface area contributed by atoms with Crippen LogP contribution in [-0.4, -0.2) is 0 Å². The first-order chi connectivity index (χ1) is 9.42. The Balaban J connectivity index is 1.89. The Kier molecular flexibility index (Phi) is 2.31. The molecular weight excluding hydrogens is 232 g/mol. The summed E-state index contributed by atoms with van der Waals surface area (Å²) in [6.45, 7) is 0. The van der Waals surface area contributed by atoms with E-state index in [4.69, 9.17) is 4.42 Å². The van der Waals surface area contributed by atoms with Gasteiger partial charge >= 0.3 is 0 Å². The van der Waals surface area contributed by atoms with E-state index in [1.165, 1.54) is 16.3 Å². The molecule has 3 aromatic rings. The Hall–Kier alpha value is -2.28. The number of fused-ring (bicyclic) bond motifs is 3. The fourth-order valence-electron chi connectivity index (χ4n) is 2.80. The lowest BCUT2D eigenvalue weighted by Crippen LogP contribution is -1.95. The Labute approximate surface area is 111 Å². The van der Waals surface area contributed by atoms with Crippen LogP contribution in [0.15, 0.2) is 71.2 Å². The minimum Gasteiger partial charge on any atom is -0.456 e. The van der Waals surface area contributed by atoms with E-state index >= 15 is 0 Å². The molecule has 0 amide bonds. The van der Waals surface area contributed by atoms with E-state index in [0.717, 1.165) is 17.6 Å². The number of benzene rings is 2. The number of furan rings is 1. The molecule has 0 radical (unpaired) electrons. The molecule has 0 N–H and O–H groups in total. The second-order valence-electron chi connectivity index (χ2n) is 5.01. The van der Waals surface area contributed by atoms with Crippen LogP contribution in [0.25, 0.3) is 21.9 Å². The van der Waals surface area contributed by atoms with Crippen LogP contribution < -0.4 is 0 Å². The van der Waals surface area contributed by atoms with Crippen LogP contribution in [-0.2, 0) is 0 Å². The summed E-state index contributed by atoms with van der Waals surface area (Å²) in [5.41, 5.74) is 3.28. The lowest BCUT2D eigenvalue weighted by Gasteiger charge is -2.12. The lowest BCUT2D eigenvalue weighted by molar-refractivity contribution is 0.667. The molecule has 19 heavy (non-hydrogen) atoms. The molecule has 1 unspecified atom stereocenters. The van der Waals surface area contributed by atoms with Crippen molar-refractivity contribution in [2.24, 2.45) is 0 Å². The van der Waals surface area contributed by atoms with Gasteiger partial charge in [0.1, 0.15) is 11.2 Å². The summed E-state index contributed by atoms with van der Waals surface area (Å²) >= 11 is 0. The van der Waals surface area contributed by atoms with Gasteiger partial charge in [0.15, 0.2) is 0 Å². The maximum absolute atomic E-state index is 5.94. The van der Waals surface area contributed by atoms with E-state index in [-0.39, 0.29) is 0 Å². The summed E-state index contributed by atoms with van der Waals surface area (Å²) in [6, 6.07) is 14.8. The normalized spacial score (nSPS) is 18.4. The van der Waals surface area contributed by atoms with Crippen LogP contribution in [0.4, 0.5) is 0 Å². The molecule has 0 saturated heterocycles. The highest BCUT2D eigenvalue weighted by atomic mass is 16.3. The minimum atomic E-state index is 0.475. The topological polar surface area (TPSA) is 13.1 Å². The monoisotopic (exact) mass is 246 g/mol. The van der Waals surface area contributed by atoms with Gasteiger partial charge in [-0.1, -0.05) is 54.6 Å². The Morgan fingerprint density at radius 2 is 1.79 bits per heavy atom. The van der Waals surface area contributed by atoms with Crippen molar-refractivity contribution in [3.8, 4) is 0 Å². The van der Waals surface area contributed by atoms with Crippen LogP contribution in [0, 0.1) is 0 Å². The van der Waals surface area contributed by atoms with Gasteiger partial charge in [-0.15, -0.1) is 0 Å². The Morgan fingerprint density at radius 3 is 2.68 bits per heavy atom. The third-order valence-electron chi connectivity index (χ3n) is 3.81. The predicted octanol–water partition coefficient (Wildman–Crippen LogP) is 5.19. The summed E-state index contributed by atoms with van der Waals surface area (Å²) in [4.78, 5) is 0. The van der Waals surface area contributed by atoms with Crippen molar-refractivity contribution in [1.29, 1.82) is 0 Å². The van der Waals surface area contributed by atoms with E-state index in [1.54, 1.807) is 0 Å². The van der Waals surface area contributed by atoms with Crippen molar-refractivity contribution in [2.45, 2.75) is 12.3 Å². The van der Waals surface area contributed by atoms with Crippen LogP contribution >= 0.6 is 0 Å². The smallest absolute Gasteiger partial charge is 0.135 e. The molecule has 1 aromatic heterocycles. The summed E-state index contributed by atoms with van der Waals surface area (Å²) in [6.07, 6.45) is 9.77. The third kappa shape index (κ3) is 1.70. The van der Waals surface area contributed by atoms with Crippen LogP contribution in [0.3, 0.4) is 0 Å². The summed E-state index contributed by atoms with van der Waals surface area (Å²) in [5, 5.41) is 2.40. The molecule has 1 heterocycles. The SMILES string of the molecule is C1=CCC(c2ccc3c(c2)oc2ccccc23)C=C1. The zero-order chi connectivity index (χ0) is 12.7. The molecule has 1 atom stereocenters. The molecule has 4 rings (SSSR count). The largest absolute Gasteiger partial charge is 0.456 e. The zero-order valence-corrected chi connectivity index (χ0v) is 10.5. The predicted molar refractivity (Wildman–Crippen MR) is 79.4 cm³/mol. The Morgan fingerprint density at radius 1 is 0.895 bits per heavy atom. The van der Waals surface area contributed by atoms with Gasteiger partial charge in [-0.2, -0.15) is 0 Å². The van der Waals surface area contributed by atoms with Crippen molar-refractivity contribution in [3.05, 3.63) is 72.3 Å². The molecule has 0 saturated carbocycles. The van der Waals surface area contributed by atoms with Gasteiger partial charge < -0.3 is 4.42 Å². The summed E-state index contributed by atoms with van der Waals surface area (Å²) in [5.74, 6) is 0.475. The molecule has 0 spiro atoms. The van der Waals surface area contributed by atoms with Gasteiger partial charge in [-0.05, 0) is 24.1 Å². The molecule has 0 aliphatic heterocycles. The van der Waals surface area contributed by atoms with E-state index in [2.05, 4.69) is 54.6 Å². The molecule has 0 bridgehead atoms. The van der Waals surface area contributed by atoms with E-state index in [0.29, 0.717) is 5.92 Å². The fourth-order valence-corrected chi connectivity index (χ4v) is 2.80. The lowest BCUT2D eigenvalue weighted by atomic mass is 9.92.